The van der Waals surface area contributed by atoms with Gasteiger partial charge in [0.25, 0.3) is 0 Å². The van der Waals surface area contributed by atoms with Gasteiger partial charge in [-0.3, -0.25) is 6.08 Å². The molecule has 4 rings (SSSR count). The maximum absolute atomic E-state index is 3.67. The Labute approximate surface area is 266 Å². The normalized spacial score (nSPS) is 11.7. The van der Waals surface area contributed by atoms with Crippen LogP contribution in [0.2, 0.25) is 0 Å². The molecule has 0 fully saturated rings. The first-order chi connectivity index (χ1) is 17.0. The topological polar surface area (TPSA) is 0 Å². The quantitative estimate of drug-likeness (QED) is 0.191. The standard InChI is InChI=1S/C21H25.C5H5.2C4H9.2ClH.H2Si.Zr/c1-20(2,3)16-7-9-18-14(12-16)11-15-13-17(21(4,5)6)8-10-19(15)18;1-2-4-5-3-1;2*1-3-4-2;;;;/h7-10,12H,11H2,1-6H3;1-3H,4H2;2*1,3-4H2,2H3;2*1H;1H2;/q4*-1;;;;. The molecule has 4 heteroatoms. The Hall–Kier alpha value is -0.400. The zero-order valence-corrected chi connectivity index (χ0v) is 30.8. The van der Waals surface area contributed by atoms with E-state index in [4.69, 9.17) is 0 Å². The van der Waals surface area contributed by atoms with Crippen molar-refractivity contribution in [1.29, 1.82) is 0 Å². The summed E-state index contributed by atoms with van der Waals surface area (Å²) in [6.07, 6.45) is 15.6. The second-order valence-electron chi connectivity index (χ2n) is 11.0. The third kappa shape index (κ3) is 15.4. The molecular weight excluding hydrogens is 599 g/mol. The van der Waals surface area contributed by atoms with Crippen LogP contribution in [0.25, 0.3) is 11.1 Å². The van der Waals surface area contributed by atoms with Gasteiger partial charge < -0.3 is 13.8 Å². The molecule has 214 valence electrons. The Bertz CT molecular complexity index is 870. The summed E-state index contributed by atoms with van der Waals surface area (Å²) < 4.78 is 0. The molecule has 0 saturated carbocycles. The summed E-state index contributed by atoms with van der Waals surface area (Å²) in [5.74, 6) is 0. The van der Waals surface area contributed by atoms with Crippen molar-refractivity contribution >= 4 is 31.7 Å². The molecule has 0 aliphatic heterocycles. The summed E-state index contributed by atoms with van der Waals surface area (Å²) in [4.78, 5) is 0. The van der Waals surface area contributed by atoms with Crippen LogP contribution in [0, 0.1) is 26.0 Å². The molecule has 2 aliphatic carbocycles. The molecule has 0 N–H and O–H groups in total. The van der Waals surface area contributed by atoms with Gasteiger partial charge in [0.2, 0.25) is 0 Å². The second kappa shape index (κ2) is 22.3. The number of benzene rings is 2. The van der Waals surface area contributed by atoms with Gasteiger partial charge in [-0.2, -0.15) is 42.7 Å². The molecule has 0 radical (unpaired) electrons. The monoisotopic (exact) mass is 648 g/mol. The molecule has 2 aromatic rings. The molecule has 2 aliphatic rings. The van der Waals surface area contributed by atoms with Crippen LogP contribution in [-0.2, 0) is 40.6 Å². The van der Waals surface area contributed by atoms with Crippen LogP contribution in [0.5, 0.6) is 0 Å². The molecule has 2 aromatic carbocycles. The van der Waals surface area contributed by atoms with E-state index in [9.17, 15) is 0 Å². The van der Waals surface area contributed by atoms with Gasteiger partial charge in [-0.05, 0) is 28.4 Å². The van der Waals surface area contributed by atoms with E-state index in [-0.39, 0.29) is 35.6 Å². The van der Waals surface area contributed by atoms with Crippen molar-refractivity contribution in [3.05, 3.63) is 96.8 Å². The summed E-state index contributed by atoms with van der Waals surface area (Å²) in [5, 5.41) is 0. The Morgan fingerprint density at radius 1 is 0.842 bits per heavy atom. The predicted octanol–water partition coefficient (Wildman–Crippen LogP) is 10.1. The number of hydrogen-bond donors (Lipinski definition) is 0. The van der Waals surface area contributed by atoms with Gasteiger partial charge in [-0.25, -0.2) is 12.2 Å². The molecule has 0 atom stereocenters. The Kier molecular flexibility index (Phi) is 24.7. The first kappa shape index (κ1) is 42.1. The van der Waals surface area contributed by atoms with Gasteiger partial charge >= 0.3 is 30.2 Å². The van der Waals surface area contributed by atoms with Crippen molar-refractivity contribution in [2.75, 3.05) is 0 Å². The number of allylic oxidation sites excluding steroid dienone is 4. The summed E-state index contributed by atoms with van der Waals surface area (Å²) in [7, 11) is 0. The van der Waals surface area contributed by atoms with Gasteiger partial charge in [-0.15, -0.1) is 42.4 Å². The minimum absolute atomic E-state index is 0. The van der Waals surface area contributed by atoms with Crippen molar-refractivity contribution in [2.45, 2.75) is 105 Å². The first-order valence-corrected chi connectivity index (χ1v) is 19.3. The second-order valence-corrected chi connectivity index (χ2v) is 11.0. The van der Waals surface area contributed by atoms with Crippen LogP contribution < -0.4 is 0 Å². The van der Waals surface area contributed by atoms with E-state index in [0.29, 0.717) is 0 Å². The number of unbranched alkanes of at least 4 members (excludes halogenated alkanes) is 2. The zero-order chi connectivity index (χ0) is 27.8. The number of halogens is 2. The molecule has 0 heterocycles. The Morgan fingerprint density at radius 2 is 1.37 bits per heavy atom. The van der Waals surface area contributed by atoms with Crippen molar-refractivity contribution in [1.82, 2.24) is 0 Å². The molecule has 38 heavy (non-hydrogen) atoms. The molecule has 0 amide bonds. The van der Waals surface area contributed by atoms with E-state index < -0.39 is 0 Å². The zero-order valence-electron chi connectivity index (χ0n) is 25.3. The first-order valence-electron chi connectivity index (χ1n) is 13.3. The maximum atomic E-state index is 3.67. The molecule has 0 bridgehead atoms. The predicted molar refractivity (Wildman–Crippen MR) is 176 cm³/mol. The van der Waals surface area contributed by atoms with Crippen LogP contribution in [0.3, 0.4) is 0 Å². The van der Waals surface area contributed by atoms with Crippen LogP contribution in [-0.4, -0.2) is 6.88 Å². The summed E-state index contributed by atoms with van der Waals surface area (Å²) in [5.41, 5.74) is 8.70. The van der Waals surface area contributed by atoms with Crippen molar-refractivity contribution in [3.63, 3.8) is 0 Å². The van der Waals surface area contributed by atoms with E-state index in [1.807, 2.05) is 19.0 Å². The van der Waals surface area contributed by atoms with Gasteiger partial charge in [0, 0.05) is 0 Å². The average Bonchev–Trinajstić information content (AvgIpc) is 3.55. The van der Waals surface area contributed by atoms with Gasteiger partial charge in [-0.1, -0.05) is 92.0 Å². The van der Waals surface area contributed by atoms with E-state index >= 15 is 0 Å². The van der Waals surface area contributed by atoms with Crippen LogP contribution in [0.1, 0.15) is 110 Å². The minimum atomic E-state index is 0. The van der Waals surface area contributed by atoms with Gasteiger partial charge in [0.15, 0.2) is 0 Å². The molecule has 0 spiro atoms. The van der Waals surface area contributed by atoms with E-state index in [2.05, 4.69) is 118 Å². The number of hydrogen-bond acceptors (Lipinski definition) is 0. The summed E-state index contributed by atoms with van der Waals surface area (Å²) >= 11 is 1.58. The number of rotatable bonds is 2. The van der Waals surface area contributed by atoms with Gasteiger partial charge in [0.05, 0.1) is 0 Å². The average molecular weight is 651 g/mol. The third-order valence-corrected chi connectivity index (χ3v) is 5.76. The molecule has 0 saturated heterocycles. The van der Waals surface area contributed by atoms with Gasteiger partial charge in [0.1, 0.15) is 0 Å². The fourth-order valence-electron chi connectivity index (χ4n) is 3.37. The SMILES string of the molecule is CC(C)(C)c1[c-]c2c(cc1)-c1ccc(C(C)(C)C)cc1C2.Cl.Cl.[C-]1=CC=CC1.[CH2-]CCC.[CH2-]CCC.[SiH2]=[Zr]. The van der Waals surface area contributed by atoms with Crippen molar-refractivity contribution in [3.8, 4) is 11.1 Å². The third-order valence-electron chi connectivity index (χ3n) is 5.76. The fraction of sp³-hybridized carbons (Fsp3) is 0.471. The summed E-state index contributed by atoms with van der Waals surface area (Å²) in [6.45, 7) is 27.0. The fourth-order valence-corrected chi connectivity index (χ4v) is 3.37. The van der Waals surface area contributed by atoms with E-state index in [0.717, 1.165) is 25.7 Å². The molecule has 0 nitrogen and oxygen atoms in total. The molecule has 0 unspecified atom stereocenters. The molecule has 0 aromatic heterocycles. The van der Waals surface area contributed by atoms with E-state index in [1.54, 1.807) is 23.3 Å². The van der Waals surface area contributed by atoms with Crippen molar-refractivity contribution in [2.24, 2.45) is 0 Å². The number of fused-ring (bicyclic) bond motifs is 3. The molecular formula is C34H52Cl2SiZr-4. The van der Waals surface area contributed by atoms with Crippen LogP contribution in [0.15, 0.2) is 48.6 Å². The van der Waals surface area contributed by atoms with Crippen LogP contribution in [0.4, 0.5) is 0 Å². The van der Waals surface area contributed by atoms with Crippen molar-refractivity contribution < 1.29 is 23.3 Å². The van der Waals surface area contributed by atoms with Crippen LogP contribution >= 0.6 is 24.8 Å². The summed E-state index contributed by atoms with van der Waals surface area (Å²) in [6, 6.07) is 15.2. The Morgan fingerprint density at radius 3 is 1.74 bits per heavy atom. The Balaban J connectivity index is -0.000000598. The van der Waals surface area contributed by atoms with E-state index in [1.165, 1.54) is 46.2 Å².